The molecule has 1 aliphatic rings. The van der Waals surface area contributed by atoms with Crippen LogP contribution in [-0.2, 0) is 9.59 Å². The Balaban J connectivity index is 1.67. The second kappa shape index (κ2) is 13.0. The number of unbranched alkanes of at least 4 members (excludes halogenated alkanes) is 2. The predicted octanol–water partition coefficient (Wildman–Crippen LogP) is 5.61. The summed E-state index contributed by atoms with van der Waals surface area (Å²) in [5, 5.41) is 11.5. The number of aromatic nitrogens is 1. The Bertz CT molecular complexity index is 1220. The number of carbonyl (C=O) groups is 2. The second-order valence-corrected chi connectivity index (χ2v) is 8.90. The summed E-state index contributed by atoms with van der Waals surface area (Å²) in [5.41, 5.74) is 4.57. The predicted molar refractivity (Wildman–Crippen MR) is 142 cm³/mol. The molecule has 1 amide bonds. The molecule has 1 aliphatic heterocycles. The zero-order valence-electron chi connectivity index (χ0n) is 21.4. The fourth-order valence-corrected chi connectivity index (χ4v) is 4.34. The van der Waals surface area contributed by atoms with Gasteiger partial charge in [-0.3, -0.25) is 23.2 Å². The number of carboxylic acids is 1. The Labute approximate surface area is 216 Å². The van der Waals surface area contributed by atoms with E-state index in [-0.39, 0.29) is 18.7 Å². The van der Waals surface area contributed by atoms with Crippen molar-refractivity contribution in [3.05, 3.63) is 58.9 Å². The van der Waals surface area contributed by atoms with Gasteiger partial charge in [0.25, 0.3) is 0 Å². The first-order valence-electron chi connectivity index (χ1n) is 12.3. The van der Waals surface area contributed by atoms with E-state index in [9.17, 15) is 18.2 Å². The summed E-state index contributed by atoms with van der Waals surface area (Å²) in [6, 6.07) is 10.3. The van der Waals surface area contributed by atoms with E-state index in [0.29, 0.717) is 47.8 Å². The van der Waals surface area contributed by atoms with Crippen LogP contribution >= 0.6 is 0 Å². The summed E-state index contributed by atoms with van der Waals surface area (Å²) in [5.74, 6) is -0.246. The fourth-order valence-electron chi connectivity index (χ4n) is 4.34. The van der Waals surface area contributed by atoms with Crippen LogP contribution in [0.4, 0.5) is 8.63 Å². The minimum Gasteiger partial charge on any atom is -0.497 e. The van der Waals surface area contributed by atoms with Gasteiger partial charge in [0.2, 0.25) is 5.91 Å². The highest BCUT2D eigenvalue weighted by Crippen LogP contribution is 2.32. The molecule has 1 aromatic heterocycles. The lowest BCUT2D eigenvalue weighted by Gasteiger charge is -2.10. The van der Waals surface area contributed by atoms with Crippen molar-refractivity contribution in [3.8, 4) is 17.0 Å². The van der Waals surface area contributed by atoms with Crippen molar-refractivity contribution in [2.75, 3.05) is 13.7 Å². The standard InChI is InChI=1S/C27H32BF2N3O4/c1-18-23(13-15-26(34)31-16-6-4-5-7-27(35)36)19(2)32-24(18)17-21-10-14-25(33(21)28(29)30)20-8-11-22(37-3)12-9-20/h8-12,14,17H,4-7,13,15-16H2,1-3H3,(H,31,34)(H,35,36)/b24-17-. The van der Waals surface area contributed by atoms with Crippen LogP contribution in [0.25, 0.3) is 17.3 Å². The maximum absolute atomic E-state index is 14.1. The van der Waals surface area contributed by atoms with Crippen molar-refractivity contribution in [3.63, 3.8) is 0 Å². The van der Waals surface area contributed by atoms with E-state index in [1.54, 1.807) is 49.6 Å². The molecule has 7 nitrogen and oxygen atoms in total. The van der Waals surface area contributed by atoms with Gasteiger partial charge in [-0.1, -0.05) is 6.42 Å². The third-order valence-corrected chi connectivity index (χ3v) is 6.37. The van der Waals surface area contributed by atoms with Crippen molar-refractivity contribution in [1.82, 2.24) is 9.79 Å². The molecular formula is C27H32BF2N3O4. The van der Waals surface area contributed by atoms with Crippen LogP contribution in [-0.4, -0.2) is 48.2 Å². The molecule has 3 rings (SSSR count). The quantitative estimate of drug-likeness (QED) is 0.270. The van der Waals surface area contributed by atoms with Crippen LogP contribution in [0.2, 0.25) is 0 Å². The number of methoxy groups -OCH3 is 1. The molecule has 10 heteroatoms. The van der Waals surface area contributed by atoms with Gasteiger partial charge >= 0.3 is 13.4 Å². The average molecular weight is 511 g/mol. The Hall–Kier alpha value is -3.69. The number of nitrogens with zero attached hydrogens (tertiary/aromatic N) is 2. The number of ether oxygens (including phenoxy) is 1. The van der Waals surface area contributed by atoms with Gasteiger partial charge in [-0.15, -0.1) is 0 Å². The first-order valence-corrected chi connectivity index (χ1v) is 12.3. The highest BCUT2D eigenvalue weighted by atomic mass is 19.2. The van der Waals surface area contributed by atoms with Gasteiger partial charge in [0.15, 0.2) is 0 Å². The lowest BCUT2D eigenvalue weighted by Crippen LogP contribution is -2.24. The number of benzene rings is 1. The molecule has 2 N–H and O–H groups in total. The Morgan fingerprint density at radius 1 is 1.08 bits per heavy atom. The molecule has 0 radical (unpaired) electrons. The van der Waals surface area contributed by atoms with E-state index in [2.05, 4.69) is 10.3 Å². The lowest BCUT2D eigenvalue weighted by molar-refractivity contribution is -0.137. The first kappa shape index (κ1) is 27.9. The monoisotopic (exact) mass is 511 g/mol. The number of amides is 1. The van der Waals surface area contributed by atoms with Crippen LogP contribution in [0.1, 0.15) is 58.1 Å². The van der Waals surface area contributed by atoms with E-state index < -0.39 is 13.4 Å². The van der Waals surface area contributed by atoms with Crippen LogP contribution in [0.15, 0.2) is 58.2 Å². The number of rotatable bonds is 13. The van der Waals surface area contributed by atoms with Crippen molar-refractivity contribution in [2.24, 2.45) is 4.99 Å². The summed E-state index contributed by atoms with van der Waals surface area (Å²) in [6.07, 6.45) is 4.66. The molecule has 0 unspecified atom stereocenters. The largest absolute Gasteiger partial charge is 0.678 e. The molecule has 0 fully saturated rings. The maximum Gasteiger partial charge on any atom is 0.678 e. The van der Waals surface area contributed by atoms with Crippen molar-refractivity contribution < 1.29 is 28.1 Å². The van der Waals surface area contributed by atoms with Gasteiger partial charge in [-0.25, -0.2) is 0 Å². The zero-order chi connectivity index (χ0) is 26.9. The Kier molecular flexibility index (Phi) is 9.82. The van der Waals surface area contributed by atoms with E-state index >= 15 is 0 Å². The number of carboxylic acid groups (broad SMARTS) is 1. The molecular weight excluding hydrogens is 479 g/mol. The number of carbonyl (C=O) groups excluding carboxylic acids is 1. The number of nitrogens with one attached hydrogen (secondary N) is 1. The summed E-state index contributed by atoms with van der Waals surface area (Å²) < 4.78 is 34.3. The second-order valence-electron chi connectivity index (χ2n) is 8.90. The molecule has 37 heavy (non-hydrogen) atoms. The number of aliphatic imine (C=N–C) groups is 1. The van der Waals surface area contributed by atoms with Crippen LogP contribution in [0, 0.1) is 0 Å². The number of hydrogen-bond donors (Lipinski definition) is 2. The summed E-state index contributed by atoms with van der Waals surface area (Å²) >= 11 is 0. The molecule has 2 aromatic rings. The highest BCUT2D eigenvalue weighted by molar-refractivity contribution is 6.42. The van der Waals surface area contributed by atoms with E-state index in [0.717, 1.165) is 34.2 Å². The molecule has 0 atom stereocenters. The van der Waals surface area contributed by atoms with Gasteiger partial charge in [-0.2, -0.15) is 0 Å². The number of allylic oxidation sites excluding steroid dienone is 2. The molecule has 0 saturated heterocycles. The third-order valence-electron chi connectivity index (χ3n) is 6.37. The van der Waals surface area contributed by atoms with Gasteiger partial charge in [0, 0.05) is 36.5 Å². The molecule has 0 saturated carbocycles. The molecule has 0 aliphatic carbocycles. The van der Waals surface area contributed by atoms with E-state index in [1.807, 2.05) is 13.8 Å². The van der Waals surface area contributed by atoms with Crippen molar-refractivity contribution >= 4 is 31.1 Å². The topological polar surface area (TPSA) is 92.9 Å². The Morgan fingerprint density at radius 2 is 1.81 bits per heavy atom. The molecule has 2 heterocycles. The summed E-state index contributed by atoms with van der Waals surface area (Å²) in [4.78, 5) is 27.4. The first-order chi connectivity index (χ1) is 17.7. The SMILES string of the molecule is COc1ccc(-c2ccc(/C=C3\N=C(C)C(CCC(=O)NCCCCCC(=O)O)=C3C)n2B(F)F)cc1. The zero-order valence-corrected chi connectivity index (χ0v) is 21.4. The summed E-state index contributed by atoms with van der Waals surface area (Å²) in [7, 11) is -1.18. The minimum atomic E-state index is -2.73. The summed E-state index contributed by atoms with van der Waals surface area (Å²) in [6.45, 7) is 4.26. The molecule has 0 bridgehead atoms. The lowest BCUT2D eigenvalue weighted by atomic mass is 10.0. The van der Waals surface area contributed by atoms with Crippen LogP contribution in [0.3, 0.4) is 0 Å². The van der Waals surface area contributed by atoms with Gasteiger partial charge < -0.3 is 19.6 Å². The smallest absolute Gasteiger partial charge is 0.497 e. The normalized spacial score (nSPS) is 14.2. The van der Waals surface area contributed by atoms with E-state index in [1.165, 1.54) is 0 Å². The minimum absolute atomic E-state index is 0.0838. The van der Waals surface area contributed by atoms with Gasteiger partial charge in [-0.05, 0) is 92.3 Å². The fraction of sp³-hybridized carbons (Fsp3) is 0.370. The number of halogens is 2. The molecule has 0 spiro atoms. The average Bonchev–Trinajstić information content (AvgIpc) is 3.40. The van der Waals surface area contributed by atoms with Crippen LogP contribution in [0.5, 0.6) is 5.75 Å². The van der Waals surface area contributed by atoms with Crippen molar-refractivity contribution in [2.45, 2.75) is 52.4 Å². The van der Waals surface area contributed by atoms with E-state index in [4.69, 9.17) is 9.84 Å². The molecule has 196 valence electrons. The highest BCUT2D eigenvalue weighted by Gasteiger charge is 2.25. The maximum atomic E-state index is 14.1. The number of hydrogen-bond acceptors (Lipinski definition) is 4. The number of aliphatic carboxylic acids is 1. The van der Waals surface area contributed by atoms with Crippen molar-refractivity contribution in [1.29, 1.82) is 0 Å². The Morgan fingerprint density at radius 3 is 2.46 bits per heavy atom. The van der Waals surface area contributed by atoms with Gasteiger partial charge in [0.1, 0.15) is 5.75 Å². The third kappa shape index (κ3) is 7.41. The van der Waals surface area contributed by atoms with Gasteiger partial charge in [0.05, 0.1) is 12.8 Å². The van der Waals surface area contributed by atoms with Crippen LogP contribution < -0.4 is 10.1 Å². The molecule has 1 aromatic carbocycles.